The molecule has 0 spiro atoms. The van der Waals surface area contributed by atoms with Crippen molar-refractivity contribution in [2.45, 2.75) is 19.8 Å². The average molecular weight is 273 g/mol. The van der Waals surface area contributed by atoms with Crippen molar-refractivity contribution < 1.29 is 9.94 Å². The number of oxime groups is 1. The molecule has 0 aliphatic rings. The third kappa shape index (κ3) is 3.17. The fourth-order valence-electron chi connectivity index (χ4n) is 2.04. The van der Waals surface area contributed by atoms with E-state index in [4.69, 9.17) is 9.94 Å². The van der Waals surface area contributed by atoms with E-state index in [1.165, 1.54) is 0 Å². The summed E-state index contributed by atoms with van der Waals surface area (Å²) in [4.78, 5) is 4.26. The zero-order valence-corrected chi connectivity index (χ0v) is 11.8. The maximum absolute atomic E-state index is 9.04. The monoisotopic (exact) mass is 273 g/mol. The summed E-state index contributed by atoms with van der Waals surface area (Å²) in [6, 6.07) is 7.59. The van der Waals surface area contributed by atoms with E-state index in [1.54, 1.807) is 6.20 Å². The van der Waals surface area contributed by atoms with Crippen molar-refractivity contribution >= 4 is 5.71 Å². The molecule has 0 aliphatic carbocycles. The van der Waals surface area contributed by atoms with Crippen molar-refractivity contribution in [3.05, 3.63) is 48.0 Å². The van der Waals surface area contributed by atoms with Crippen LogP contribution in [0.1, 0.15) is 24.7 Å². The van der Waals surface area contributed by atoms with Gasteiger partial charge in [-0.2, -0.15) is 0 Å². The van der Waals surface area contributed by atoms with Crippen LogP contribution in [0, 0.1) is 0 Å². The van der Waals surface area contributed by atoms with E-state index in [9.17, 15) is 0 Å². The molecule has 2 rings (SSSR count). The second kappa shape index (κ2) is 6.75. The zero-order valence-electron chi connectivity index (χ0n) is 11.8. The van der Waals surface area contributed by atoms with Crippen LogP contribution in [0.25, 0.3) is 0 Å². The molecule has 5 nitrogen and oxygen atoms in total. The molecule has 1 N–H and O–H groups in total. The Morgan fingerprint density at radius 1 is 1.40 bits per heavy atom. The number of aromatic nitrogens is 2. The topological polar surface area (TPSA) is 59.6 Å². The number of hydrogen-bond acceptors (Lipinski definition) is 4. The Labute approximate surface area is 118 Å². The van der Waals surface area contributed by atoms with Crippen LogP contribution in [0.4, 0.5) is 0 Å². The van der Waals surface area contributed by atoms with E-state index < -0.39 is 0 Å². The third-order valence-corrected chi connectivity index (χ3v) is 3.16. The fraction of sp³-hybridized carbons (Fsp3) is 0.333. The smallest absolute Gasteiger partial charge is 0.128 e. The molecule has 0 fully saturated rings. The maximum atomic E-state index is 9.04. The fourth-order valence-corrected chi connectivity index (χ4v) is 2.04. The number of aryl methyl sites for hydroxylation is 1. The van der Waals surface area contributed by atoms with Crippen LogP contribution < -0.4 is 4.74 Å². The number of rotatable bonds is 6. The van der Waals surface area contributed by atoms with Gasteiger partial charge < -0.3 is 14.5 Å². The molecule has 0 bridgehead atoms. The molecule has 20 heavy (non-hydrogen) atoms. The van der Waals surface area contributed by atoms with E-state index in [2.05, 4.69) is 10.1 Å². The molecule has 1 heterocycles. The van der Waals surface area contributed by atoms with Crippen molar-refractivity contribution in [3.8, 4) is 5.75 Å². The molecular weight excluding hydrogens is 254 g/mol. The Hall–Kier alpha value is -2.30. The summed E-state index contributed by atoms with van der Waals surface area (Å²) in [5, 5.41) is 12.4. The minimum Gasteiger partial charge on any atom is -0.492 e. The minimum atomic E-state index is 0.532. The van der Waals surface area contributed by atoms with Crippen LogP contribution in [0.3, 0.4) is 0 Å². The van der Waals surface area contributed by atoms with E-state index in [1.807, 2.05) is 49.0 Å². The summed E-state index contributed by atoms with van der Waals surface area (Å²) in [5.74, 6) is 1.71. The van der Waals surface area contributed by atoms with Gasteiger partial charge in [0, 0.05) is 31.4 Å². The molecule has 0 aliphatic heterocycles. The highest BCUT2D eigenvalue weighted by molar-refractivity contribution is 6.02. The van der Waals surface area contributed by atoms with Gasteiger partial charge in [0.05, 0.1) is 12.3 Å². The third-order valence-electron chi connectivity index (χ3n) is 3.16. The van der Waals surface area contributed by atoms with E-state index in [0.29, 0.717) is 18.7 Å². The highest BCUT2D eigenvalue weighted by Gasteiger charge is 2.09. The number of nitrogens with zero attached hydrogens (tertiary/aromatic N) is 3. The summed E-state index contributed by atoms with van der Waals surface area (Å²) in [6.07, 6.45) is 5.07. The SMILES string of the molecule is CC/C(=N/O)c1ccccc1OCCc1nccn1C. The van der Waals surface area contributed by atoms with Crippen LogP contribution >= 0.6 is 0 Å². The lowest BCUT2D eigenvalue weighted by atomic mass is 10.1. The zero-order chi connectivity index (χ0) is 14.4. The number of ether oxygens (including phenoxy) is 1. The number of para-hydroxylation sites is 1. The second-order valence-electron chi connectivity index (χ2n) is 4.45. The summed E-state index contributed by atoms with van der Waals surface area (Å²) in [6.45, 7) is 2.48. The lowest BCUT2D eigenvalue weighted by Gasteiger charge is -2.11. The van der Waals surface area contributed by atoms with Gasteiger partial charge in [-0.15, -0.1) is 0 Å². The summed E-state index contributed by atoms with van der Waals surface area (Å²) < 4.78 is 7.78. The van der Waals surface area contributed by atoms with Crippen LogP contribution in [0.5, 0.6) is 5.75 Å². The van der Waals surface area contributed by atoms with Crippen LogP contribution in [0.15, 0.2) is 41.8 Å². The molecule has 1 aromatic carbocycles. The number of benzene rings is 1. The van der Waals surface area contributed by atoms with E-state index >= 15 is 0 Å². The number of hydrogen-bond donors (Lipinski definition) is 1. The van der Waals surface area contributed by atoms with Gasteiger partial charge in [-0.25, -0.2) is 4.98 Å². The molecule has 1 aromatic heterocycles. The van der Waals surface area contributed by atoms with Crippen LogP contribution in [0.2, 0.25) is 0 Å². The van der Waals surface area contributed by atoms with Gasteiger partial charge in [-0.1, -0.05) is 24.2 Å². The van der Waals surface area contributed by atoms with E-state index in [-0.39, 0.29) is 0 Å². The molecule has 0 radical (unpaired) electrons. The van der Waals surface area contributed by atoms with Gasteiger partial charge >= 0.3 is 0 Å². The largest absolute Gasteiger partial charge is 0.492 e. The standard InChI is InChI=1S/C15H19N3O2/c1-3-13(17-19)12-6-4-5-7-14(12)20-11-8-15-16-9-10-18(15)2/h4-7,9-10,19H,3,8,11H2,1-2H3/b17-13-. The Bertz CT molecular complexity index is 590. The summed E-state index contributed by atoms with van der Waals surface area (Å²) in [5.41, 5.74) is 1.45. The molecular formula is C15H19N3O2. The van der Waals surface area contributed by atoms with Crippen molar-refractivity contribution in [2.24, 2.45) is 12.2 Å². The predicted molar refractivity (Wildman–Crippen MR) is 77.5 cm³/mol. The van der Waals surface area contributed by atoms with Gasteiger partial charge in [0.15, 0.2) is 0 Å². The molecule has 0 atom stereocenters. The van der Waals surface area contributed by atoms with Gasteiger partial charge in [0.2, 0.25) is 0 Å². The second-order valence-corrected chi connectivity index (χ2v) is 4.45. The first kappa shape index (κ1) is 14.1. The Kier molecular flexibility index (Phi) is 4.76. The maximum Gasteiger partial charge on any atom is 0.128 e. The van der Waals surface area contributed by atoms with Crippen molar-refractivity contribution in [3.63, 3.8) is 0 Å². The Morgan fingerprint density at radius 2 is 2.20 bits per heavy atom. The van der Waals surface area contributed by atoms with Gasteiger partial charge in [0.25, 0.3) is 0 Å². The molecule has 2 aromatic rings. The average Bonchev–Trinajstić information content (AvgIpc) is 2.87. The van der Waals surface area contributed by atoms with Gasteiger partial charge in [-0.3, -0.25) is 0 Å². The van der Waals surface area contributed by atoms with Crippen molar-refractivity contribution in [1.29, 1.82) is 0 Å². The van der Waals surface area contributed by atoms with Gasteiger partial charge in [0.1, 0.15) is 11.6 Å². The first-order valence-electron chi connectivity index (χ1n) is 6.65. The van der Waals surface area contributed by atoms with Crippen molar-refractivity contribution in [2.75, 3.05) is 6.61 Å². The van der Waals surface area contributed by atoms with Crippen LogP contribution in [-0.4, -0.2) is 27.1 Å². The lowest BCUT2D eigenvalue weighted by molar-refractivity contribution is 0.311. The first-order chi connectivity index (χ1) is 9.76. The molecule has 0 amide bonds. The first-order valence-corrected chi connectivity index (χ1v) is 6.65. The predicted octanol–water partition coefficient (Wildman–Crippen LogP) is 2.63. The van der Waals surface area contributed by atoms with Crippen LogP contribution in [-0.2, 0) is 13.5 Å². The molecule has 106 valence electrons. The minimum absolute atomic E-state index is 0.532. The van der Waals surface area contributed by atoms with E-state index in [0.717, 1.165) is 23.6 Å². The molecule has 0 saturated carbocycles. The summed E-state index contributed by atoms with van der Waals surface area (Å²) in [7, 11) is 1.96. The highest BCUT2D eigenvalue weighted by atomic mass is 16.5. The Balaban J connectivity index is 2.05. The molecule has 0 unspecified atom stereocenters. The van der Waals surface area contributed by atoms with Crippen molar-refractivity contribution in [1.82, 2.24) is 9.55 Å². The van der Waals surface area contributed by atoms with Gasteiger partial charge in [-0.05, 0) is 18.6 Å². The lowest BCUT2D eigenvalue weighted by Crippen LogP contribution is -2.09. The molecule has 5 heteroatoms. The Morgan fingerprint density at radius 3 is 2.85 bits per heavy atom. The highest BCUT2D eigenvalue weighted by Crippen LogP contribution is 2.20. The number of imidazole rings is 1. The summed E-state index contributed by atoms with van der Waals surface area (Å²) >= 11 is 0. The molecule has 0 saturated heterocycles. The normalized spacial score (nSPS) is 11.6. The quantitative estimate of drug-likeness (QED) is 0.500.